The van der Waals surface area contributed by atoms with Crippen molar-refractivity contribution in [1.29, 1.82) is 0 Å². The van der Waals surface area contributed by atoms with E-state index in [9.17, 15) is 18.0 Å². The van der Waals surface area contributed by atoms with Crippen LogP contribution in [-0.2, 0) is 6.54 Å². The van der Waals surface area contributed by atoms with Gasteiger partial charge in [-0.25, -0.2) is 0 Å². The lowest BCUT2D eigenvalue weighted by molar-refractivity contribution is -0.141. The molecule has 0 aliphatic heterocycles. The number of halogens is 3. The fourth-order valence-corrected chi connectivity index (χ4v) is 4.69. The third kappa shape index (κ3) is 4.91. The maximum absolute atomic E-state index is 13.3. The number of ketones is 1. The van der Waals surface area contributed by atoms with Gasteiger partial charge in [0, 0.05) is 40.6 Å². The van der Waals surface area contributed by atoms with Crippen LogP contribution in [-0.4, -0.2) is 42.0 Å². The van der Waals surface area contributed by atoms with Gasteiger partial charge in [-0.2, -0.15) is 13.2 Å². The molecule has 0 saturated carbocycles. The van der Waals surface area contributed by atoms with Gasteiger partial charge >= 0.3 is 6.18 Å². The second-order valence-electron chi connectivity index (χ2n) is 7.86. The van der Waals surface area contributed by atoms with E-state index in [4.69, 9.17) is 0 Å². The third-order valence-corrected chi connectivity index (χ3v) is 6.38. The number of aryl methyl sites for hydroxylation is 2. The molecule has 0 aliphatic carbocycles. The van der Waals surface area contributed by atoms with Gasteiger partial charge in [-0.05, 0) is 50.6 Å². The predicted molar refractivity (Wildman–Crippen MR) is 124 cm³/mol. The van der Waals surface area contributed by atoms with Crippen LogP contribution in [0.15, 0.2) is 60.0 Å². The standard InChI is InChI=1S/C24H22F3N5OS/c1-15-6-4-5-7-20(15)32-16(2)12-19(17(32)3)21(33)13-34-23-30-29-22(18-8-10-28-11-9-18)31(23)14-24(25,26)27/h4-12H,13-14H2,1-3H3. The van der Waals surface area contributed by atoms with Crippen molar-refractivity contribution in [2.45, 2.75) is 38.6 Å². The lowest BCUT2D eigenvalue weighted by Crippen LogP contribution is -2.19. The number of hydrogen-bond donors (Lipinski definition) is 0. The van der Waals surface area contributed by atoms with Crippen molar-refractivity contribution in [3.63, 3.8) is 0 Å². The van der Waals surface area contributed by atoms with Crippen LogP contribution in [0.5, 0.6) is 0 Å². The van der Waals surface area contributed by atoms with Crippen molar-refractivity contribution in [1.82, 2.24) is 24.3 Å². The Labute approximate surface area is 198 Å². The van der Waals surface area contributed by atoms with Crippen LogP contribution in [0.2, 0.25) is 0 Å². The SMILES string of the molecule is Cc1ccccc1-n1c(C)cc(C(=O)CSc2nnc(-c3ccncc3)n2CC(F)(F)F)c1C. The second kappa shape index (κ2) is 9.46. The first-order valence-corrected chi connectivity index (χ1v) is 11.5. The van der Waals surface area contributed by atoms with Gasteiger partial charge in [-0.3, -0.25) is 14.3 Å². The molecule has 3 heterocycles. The summed E-state index contributed by atoms with van der Waals surface area (Å²) >= 11 is 0.944. The smallest absolute Gasteiger partial charge is 0.318 e. The topological polar surface area (TPSA) is 65.6 Å². The average molecular weight is 486 g/mol. The van der Waals surface area contributed by atoms with Crippen molar-refractivity contribution in [3.05, 3.63) is 77.4 Å². The first-order chi connectivity index (χ1) is 16.2. The number of carbonyl (C=O) groups is 1. The number of aromatic nitrogens is 5. The molecule has 0 saturated heterocycles. The number of thioether (sulfide) groups is 1. The molecule has 4 rings (SSSR count). The summed E-state index contributed by atoms with van der Waals surface area (Å²) in [5.74, 6) is -0.179. The van der Waals surface area contributed by atoms with Crippen LogP contribution >= 0.6 is 11.8 Å². The largest absolute Gasteiger partial charge is 0.406 e. The monoisotopic (exact) mass is 485 g/mol. The van der Waals surface area contributed by atoms with E-state index in [-0.39, 0.29) is 22.5 Å². The molecule has 176 valence electrons. The van der Waals surface area contributed by atoms with Gasteiger partial charge in [0.15, 0.2) is 16.8 Å². The highest BCUT2D eigenvalue weighted by Crippen LogP contribution is 2.30. The Hall–Kier alpha value is -3.40. The third-order valence-electron chi connectivity index (χ3n) is 5.41. The minimum absolute atomic E-state index is 0.0326. The Morgan fingerprint density at radius 2 is 1.74 bits per heavy atom. The van der Waals surface area contributed by atoms with E-state index in [1.807, 2.05) is 55.7 Å². The van der Waals surface area contributed by atoms with Gasteiger partial charge in [0.05, 0.1) is 5.75 Å². The number of hydrogen-bond acceptors (Lipinski definition) is 5. The lowest BCUT2D eigenvalue weighted by Gasteiger charge is -2.13. The first-order valence-electron chi connectivity index (χ1n) is 10.5. The van der Waals surface area contributed by atoms with Crippen LogP contribution in [0.3, 0.4) is 0 Å². The van der Waals surface area contributed by atoms with Crippen LogP contribution in [0.4, 0.5) is 13.2 Å². The fourth-order valence-electron chi connectivity index (χ4n) is 3.87. The minimum atomic E-state index is -4.47. The number of alkyl halides is 3. The molecule has 0 fully saturated rings. The van der Waals surface area contributed by atoms with E-state index in [0.717, 1.165) is 39.0 Å². The van der Waals surface area contributed by atoms with E-state index < -0.39 is 12.7 Å². The molecule has 4 aromatic rings. The highest BCUT2D eigenvalue weighted by molar-refractivity contribution is 7.99. The van der Waals surface area contributed by atoms with Crippen molar-refractivity contribution in [3.8, 4) is 17.1 Å². The van der Waals surface area contributed by atoms with Gasteiger partial charge in [-0.1, -0.05) is 30.0 Å². The van der Waals surface area contributed by atoms with Gasteiger partial charge in [0.25, 0.3) is 0 Å². The predicted octanol–water partition coefficient (Wildman–Crippen LogP) is 5.59. The van der Waals surface area contributed by atoms with E-state index >= 15 is 0 Å². The normalized spacial score (nSPS) is 11.7. The summed E-state index contributed by atoms with van der Waals surface area (Å²) < 4.78 is 42.9. The lowest BCUT2D eigenvalue weighted by atomic mass is 10.1. The summed E-state index contributed by atoms with van der Waals surface area (Å²) in [5.41, 5.74) is 4.74. The Bertz CT molecular complexity index is 1330. The molecule has 0 N–H and O–H groups in total. The molecular weight excluding hydrogens is 463 g/mol. The maximum atomic E-state index is 13.3. The van der Waals surface area contributed by atoms with Gasteiger partial charge < -0.3 is 4.57 Å². The fraction of sp³-hybridized carbons (Fsp3) is 0.250. The minimum Gasteiger partial charge on any atom is -0.318 e. The zero-order valence-corrected chi connectivity index (χ0v) is 19.6. The molecule has 6 nitrogen and oxygen atoms in total. The number of benzene rings is 1. The number of pyridine rings is 1. The van der Waals surface area contributed by atoms with Crippen molar-refractivity contribution >= 4 is 17.5 Å². The van der Waals surface area contributed by atoms with Crippen LogP contribution in [0, 0.1) is 20.8 Å². The summed E-state index contributed by atoms with van der Waals surface area (Å²) in [6.45, 7) is 4.53. The zero-order valence-electron chi connectivity index (χ0n) is 18.8. The number of para-hydroxylation sites is 1. The molecule has 0 unspecified atom stereocenters. The molecule has 0 aliphatic rings. The molecule has 0 spiro atoms. The van der Waals surface area contributed by atoms with E-state index in [1.165, 1.54) is 12.4 Å². The molecule has 1 aromatic carbocycles. The summed E-state index contributed by atoms with van der Waals surface area (Å²) in [6, 6.07) is 12.8. The molecule has 10 heteroatoms. The molecule has 0 amide bonds. The van der Waals surface area contributed by atoms with E-state index in [1.54, 1.807) is 12.1 Å². The summed E-state index contributed by atoms with van der Waals surface area (Å²) in [7, 11) is 0. The second-order valence-corrected chi connectivity index (χ2v) is 8.80. The molecular formula is C24H22F3N5OS. The summed E-state index contributed by atoms with van der Waals surface area (Å²) in [5, 5.41) is 7.93. The Morgan fingerprint density at radius 3 is 2.41 bits per heavy atom. The van der Waals surface area contributed by atoms with E-state index in [2.05, 4.69) is 15.2 Å². The Morgan fingerprint density at radius 1 is 1.03 bits per heavy atom. The van der Waals surface area contributed by atoms with Crippen molar-refractivity contribution in [2.24, 2.45) is 0 Å². The number of rotatable bonds is 7. The van der Waals surface area contributed by atoms with E-state index in [0.29, 0.717) is 11.1 Å². The summed E-state index contributed by atoms with van der Waals surface area (Å²) in [4.78, 5) is 17.0. The highest BCUT2D eigenvalue weighted by atomic mass is 32.2. The average Bonchev–Trinajstić information content (AvgIpc) is 3.32. The Balaban J connectivity index is 1.60. The summed E-state index contributed by atoms with van der Waals surface area (Å²) in [6.07, 6.45) is -1.52. The molecule has 0 atom stereocenters. The zero-order chi connectivity index (χ0) is 24.5. The number of nitrogens with zero attached hydrogens (tertiary/aromatic N) is 5. The van der Waals surface area contributed by atoms with Crippen LogP contribution in [0.1, 0.15) is 27.3 Å². The van der Waals surface area contributed by atoms with Crippen molar-refractivity contribution < 1.29 is 18.0 Å². The first kappa shape index (κ1) is 23.7. The number of carbonyl (C=O) groups excluding carboxylic acids is 1. The van der Waals surface area contributed by atoms with Crippen LogP contribution < -0.4 is 0 Å². The maximum Gasteiger partial charge on any atom is 0.406 e. The molecule has 0 radical (unpaired) electrons. The van der Waals surface area contributed by atoms with Crippen LogP contribution in [0.25, 0.3) is 17.1 Å². The molecule has 3 aromatic heterocycles. The van der Waals surface area contributed by atoms with Gasteiger partial charge in [-0.15, -0.1) is 10.2 Å². The van der Waals surface area contributed by atoms with Crippen molar-refractivity contribution in [2.75, 3.05) is 5.75 Å². The molecule has 0 bridgehead atoms. The number of Topliss-reactive ketones (excluding diaryl/α,β-unsaturated/α-hetero) is 1. The molecule has 34 heavy (non-hydrogen) atoms. The Kier molecular flexibility index (Phi) is 6.60. The quantitative estimate of drug-likeness (QED) is 0.252. The highest BCUT2D eigenvalue weighted by Gasteiger charge is 2.32. The van der Waals surface area contributed by atoms with Gasteiger partial charge in [0.2, 0.25) is 0 Å². The van der Waals surface area contributed by atoms with Gasteiger partial charge in [0.1, 0.15) is 6.54 Å².